The minimum absolute atomic E-state index is 0.632. The molecular weight excluding hydrogens is 282 g/mol. The molecule has 0 bridgehead atoms. The third-order valence-electron chi connectivity index (χ3n) is 3.22. The Balaban J connectivity index is 2.21. The number of nitrogens with zero attached hydrogens (tertiary/aromatic N) is 3. The molecule has 0 aromatic carbocycles. The number of hydrogen-bond donors (Lipinski definition) is 2. The van der Waals surface area contributed by atoms with Crippen LogP contribution in [-0.2, 0) is 0 Å². The number of nitrogens with one attached hydrogen (secondary N) is 1. The Labute approximate surface area is 110 Å². The second-order valence-corrected chi connectivity index (χ2v) is 5.32. The molecule has 0 spiro atoms. The van der Waals surface area contributed by atoms with Crippen molar-refractivity contribution in [3.05, 3.63) is 10.8 Å². The Morgan fingerprint density at radius 2 is 2.24 bits per heavy atom. The maximum atomic E-state index is 5.41. The molecule has 1 saturated heterocycles. The van der Waals surface area contributed by atoms with Crippen molar-refractivity contribution >= 4 is 27.6 Å². The normalized spacial score (nSPS) is 21.1. The maximum Gasteiger partial charge on any atom is 0.159 e. The first kappa shape index (κ1) is 12.6. The summed E-state index contributed by atoms with van der Waals surface area (Å²) in [5.41, 5.74) is 2.57. The van der Waals surface area contributed by atoms with Crippen LogP contribution in [0.4, 0.5) is 11.6 Å². The van der Waals surface area contributed by atoms with E-state index in [0.717, 1.165) is 29.3 Å². The molecule has 1 atom stereocenters. The van der Waals surface area contributed by atoms with Crippen molar-refractivity contribution in [3.63, 3.8) is 0 Å². The van der Waals surface area contributed by atoms with E-state index in [1.54, 1.807) is 6.33 Å². The summed E-state index contributed by atoms with van der Waals surface area (Å²) in [7, 11) is 0. The number of anilines is 2. The summed E-state index contributed by atoms with van der Waals surface area (Å²) < 4.78 is 0.844. The summed E-state index contributed by atoms with van der Waals surface area (Å²) in [5, 5.41) is 0. The highest BCUT2D eigenvalue weighted by molar-refractivity contribution is 9.10. The van der Waals surface area contributed by atoms with Gasteiger partial charge >= 0.3 is 0 Å². The summed E-state index contributed by atoms with van der Waals surface area (Å²) in [6, 6.07) is 0. The molecule has 3 N–H and O–H groups in total. The van der Waals surface area contributed by atoms with Crippen LogP contribution < -0.4 is 16.2 Å². The molecule has 5 nitrogen and oxygen atoms in total. The monoisotopic (exact) mass is 299 g/mol. The fraction of sp³-hybridized carbons (Fsp3) is 0.636. The molecular formula is C11H18BrN5. The predicted octanol–water partition coefficient (Wildman–Crippen LogP) is 2.15. The number of aromatic nitrogens is 2. The molecule has 1 aromatic heterocycles. The number of halogens is 1. The van der Waals surface area contributed by atoms with Crippen molar-refractivity contribution in [2.24, 2.45) is 11.8 Å². The van der Waals surface area contributed by atoms with Crippen molar-refractivity contribution in [2.45, 2.75) is 26.2 Å². The summed E-state index contributed by atoms with van der Waals surface area (Å²) in [4.78, 5) is 10.7. The molecule has 1 aliphatic heterocycles. The highest BCUT2D eigenvalue weighted by atomic mass is 79.9. The lowest BCUT2D eigenvalue weighted by Gasteiger charge is -2.23. The first-order chi connectivity index (χ1) is 8.22. The van der Waals surface area contributed by atoms with Gasteiger partial charge in [0.15, 0.2) is 5.82 Å². The molecule has 0 saturated carbocycles. The highest BCUT2D eigenvalue weighted by Gasteiger charge is 2.18. The fourth-order valence-corrected chi connectivity index (χ4v) is 2.73. The molecule has 1 unspecified atom stereocenters. The molecule has 1 aromatic rings. The van der Waals surface area contributed by atoms with Gasteiger partial charge in [0.1, 0.15) is 16.6 Å². The lowest BCUT2D eigenvalue weighted by Crippen LogP contribution is -2.26. The second kappa shape index (κ2) is 5.64. The van der Waals surface area contributed by atoms with E-state index in [4.69, 9.17) is 5.84 Å². The molecule has 0 aliphatic carbocycles. The fourth-order valence-electron chi connectivity index (χ4n) is 2.16. The van der Waals surface area contributed by atoms with Gasteiger partial charge in [-0.15, -0.1) is 0 Å². The minimum Gasteiger partial charge on any atom is -0.356 e. The van der Waals surface area contributed by atoms with E-state index in [2.05, 4.69) is 43.1 Å². The minimum atomic E-state index is 0.632. The van der Waals surface area contributed by atoms with Crippen molar-refractivity contribution in [1.29, 1.82) is 0 Å². The SMILES string of the molecule is CC1CCCN(c2ncnc(NN)c2Br)CC1. The maximum absolute atomic E-state index is 5.41. The molecule has 1 aliphatic rings. The van der Waals surface area contributed by atoms with Gasteiger partial charge in [-0.05, 0) is 41.1 Å². The van der Waals surface area contributed by atoms with Crippen LogP contribution in [0.2, 0.25) is 0 Å². The van der Waals surface area contributed by atoms with Gasteiger partial charge in [0.2, 0.25) is 0 Å². The van der Waals surface area contributed by atoms with E-state index in [9.17, 15) is 0 Å². The molecule has 17 heavy (non-hydrogen) atoms. The zero-order chi connectivity index (χ0) is 12.3. The van der Waals surface area contributed by atoms with Crippen LogP contribution in [0, 0.1) is 5.92 Å². The van der Waals surface area contributed by atoms with Gasteiger partial charge in [0, 0.05) is 13.1 Å². The van der Waals surface area contributed by atoms with Gasteiger partial charge in [-0.25, -0.2) is 15.8 Å². The number of hydrogen-bond acceptors (Lipinski definition) is 5. The van der Waals surface area contributed by atoms with Gasteiger partial charge in [-0.3, -0.25) is 0 Å². The smallest absolute Gasteiger partial charge is 0.159 e. The van der Waals surface area contributed by atoms with Gasteiger partial charge in [-0.1, -0.05) is 6.92 Å². The van der Waals surface area contributed by atoms with Crippen molar-refractivity contribution in [2.75, 3.05) is 23.4 Å². The predicted molar refractivity (Wildman–Crippen MR) is 72.8 cm³/mol. The quantitative estimate of drug-likeness (QED) is 0.647. The Hall–Kier alpha value is -0.880. The van der Waals surface area contributed by atoms with Crippen LogP contribution in [0.3, 0.4) is 0 Å². The summed E-state index contributed by atoms with van der Waals surface area (Å²) >= 11 is 3.51. The van der Waals surface area contributed by atoms with Crippen LogP contribution in [0.5, 0.6) is 0 Å². The Kier molecular flexibility index (Phi) is 4.17. The number of nitrogens with two attached hydrogens (primary N) is 1. The molecule has 0 radical (unpaired) electrons. The van der Waals surface area contributed by atoms with Crippen LogP contribution in [-0.4, -0.2) is 23.1 Å². The van der Waals surface area contributed by atoms with E-state index >= 15 is 0 Å². The Bertz CT molecular complexity index is 384. The standard InChI is InChI=1S/C11H18BrN5/c1-8-3-2-5-17(6-4-8)11-9(12)10(16-13)14-7-15-11/h7-8H,2-6,13H2,1H3,(H,14,15,16). The molecule has 1 fully saturated rings. The lowest BCUT2D eigenvalue weighted by atomic mass is 10.0. The van der Waals surface area contributed by atoms with Gasteiger partial charge in [-0.2, -0.15) is 0 Å². The zero-order valence-corrected chi connectivity index (χ0v) is 11.6. The largest absolute Gasteiger partial charge is 0.356 e. The highest BCUT2D eigenvalue weighted by Crippen LogP contribution is 2.30. The van der Waals surface area contributed by atoms with E-state index in [0.29, 0.717) is 5.82 Å². The Morgan fingerprint density at radius 1 is 1.41 bits per heavy atom. The molecule has 2 rings (SSSR count). The van der Waals surface area contributed by atoms with E-state index in [1.165, 1.54) is 19.3 Å². The zero-order valence-electron chi connectivity index (χ0n) is 9.99. The Morgan fingerprint density at radius 3 is 3.00 bits per heavy atom. The van der Waals surface area contributed by atoms with E-state index in [-0.39, 0.29) is 0 Å². The number of hydrazine groups is 1. The third kappa shape index (κ3) is 2.87. The number of nitrogen functional groups attached to an aromatic ring is 1. The van der Waals surface area contributed by atoms with Crippen LogP contribution in [0.15, 0.2) is 10.8 Å². The van der Waals surface area contributed by atoms with Crippen LogP contribution in [0.1, 0.15) is 26.2 Å². The first-order valence-corrected chi connectivity index (χ1v) is 6.73. The number of rotatable bonds is 2. The van der Waals surface area contributed by atoms with Gasteiger partial charge in [0.25, 0.3) is 0 Å². The molecule has 2 heterocycles. The first-order valence-electron chi connectivity index (χ1n) is 5.94. The molecule has 94 valence electrons. The molecule has 6 heteroatoms. The third-order valence-corrected chi connectivity index (χ3v) is 3.95. The average Bonchev–Trinajstić information content (AvgIpc) is 2.54. The summed E-state index contributed by atoms with van der Waals surface area (Å²) in [6.07, 6.45) is 5.26. The summed E-state index contributed by atoms with van der Waals surface area (Å²) in [5.74, 6) is 7.78. The molecule has 0 amide bonds. The lowest BCUT2D eigenvalue weighted by molar-refractivity contribution is 0.521. The van der Waals surface area contributed by atoms with Gasteiger partial charge in [0.05, 0.1) is 0 Å². The van der Waals surface area contributed by atoms with Crippen molar-refractivity contribution in [1.82, 2.24) is 9.97 Å². The van der Waals surface area contributed by atoms with Crippen molar-refractivity contribution in [3.8, 4) is 0 Å². The van der Waals surface area contributed by atoms with E-state index < -0.39 is 0 Å². The van der Waals surface area contributed by atoms with E-state index in [1.807, 2.05) is 0 Å². The topological polar surface area (TPSA) is 67.1 Å². The van der Waals surface area contributed by atoms with Crippen LogP contribution in [0.25, 0.3) is 0 Å². The second-order valence-electron chi connectivity index (χ2n) is 4.53. The van der Waals surface area contributed by atoms with Crippen molar-refractivity contribution < 1.29 is 0 Å². The van der Waals surface area contributed by atoms with Gasteiger partial charge < -0.3 is 10.3 Å². The summed E-state index contributed by atoms with van der Waals surface area (Å²) in [6.45, 7) is 4.40. The average molecular weight is 300 g/mol. The van der Waals surface area contributed by atoms with Crippen LogP contribution >= 0.6 is 15.9 Å².